The van der Waals surface area contributed by atoms with Crippen LogP contribution in [0.5, 0.6) is 5.75 Å². The number of hydrogen-bond donors (Lipinski definition) is 4. The van der Waals surface area contributed by atoms with Gasteiger partial charge in [0.1, 0.15) is 0 Å². The summed E-state index contributed by atoms with van der Waals surface area (Å²) in [7, 11) is 0. The summed E-state index contributed by atoms with van der Waals surface area (Å²) >= 11 is -5.15. The maximum atomic E-state index is 11.0. The smallest absolute Gasteiger partial charge is 0.194 e. The van der Waals surface area contributed by atoms with Crippen molar-refractivity contribution in [2.45, 2.75) is 13.8 Å². The molecule has 23 heavy (non-hydrogen) atoms. The third-order valence-electron chi connectivity index (χ3n) is 2.51. The molecule has 0 spiro atoms. The van der Waals surface area contributed by atoms with Gasteiger partial charge in [0.25, 0.3) is 0 Å². The van der Waals surface area contributed by atoms with Crippen molar-refractivity contribution in [3.63, 3.8) is 0 Å². The first kappa shape index (κ1) is 18.8. The van der Waals surface area contributed by atoms with Crippen LogP contribution >= 0.6 is 0 Å². The molecule has 2 rings (SSSR count). The normalized spacial score (nSPS) is 10.4. The minimum atomic E-state index is -5.15. The number of para-hydroxylation sites is 1. The number of anilines is 1. The molecular formula is C14H16AsNO7. The van der Waals surface area contributed by atoms with Gasteiger partial charge in [-0.2, -0.15) is 0 Å². The molecule has 1 aromatic heterocycles. The third-order valence-corrected chi connectivity index (χ3v) is 4.58. The first-order chi connectivity index (χ1) is 10.6. The number of nitrogens with one attached hydrogen (secondary N) is 1. The molecule has 8 nitrogen and oxygen atoms in total. The quantitative estimate of drug-likeness (QED) is 0.341. The van der Waals surface area contributed by atoms with Crippen LogP contribution in [0.1, 0.15) is 24.4 Å². The standard InChI is InChI=1S/C8H10AsNO5.C6H6O2/c1-5(11)10-7-4-2-3-6(8(7)12)9(13,14)15;1-5(7)6-3-2-4-8-6/h2-4,12H,1H3,(H,10,11)(H2,13,14,15);2-4H,1H3. The summed E-state index contributed by atoms with van der Waals surface area (Å²) in [4.78, 5) is 21.1. The summed E-state index contributed by atoms with van der Waals surface area (Å²) in [6.07, 6.45) is 1.48. The molecular weight excluding hydrogens is 369 g/mol. The summed E-state index contributed by atoms with van der Waals surface area (Å²) in [5, 5.41) is 11.7. The Morgan fingerprint density at radius 2 is 1.78 bits per heavy atom. The molecule has 0 fully saturated rings. The summed E-state index contributed by atoms with van der Waals surface area (Å²) in [6.45, 7) is 2.70. The van der Waals surface area contributed by atoms with E-state index in [4.69, 9.17) is 12.6 Å². The topological polar surface area (TPSA) is 137 Å². The predicted molar refractivity (Wildman–Crippen MR) is 81.6 cm³/mol. The molecule has 0 aliphatic rings. The molecule has 0 bridgehead atoms. The van der Waals surface area contributed by atoms with E-state index in [1.54, 1.807) is 12.1 Å². The van der Waals surface area contributed by atoms with Gasteiger partial charge >= 0.3 is 88.1 Å². The fourth-order valence-electron chi connectivity index (χ4n) is 1.54. The van der Waals surface area contributed by atoms with Crippen molar-refractivity contribution in [2.75, 3.05) is 5.32 Å². The molecule has 4 N–H and O–H groups in total. The van der Waals surface area contributed by atoms with E-state index in [0.29, 0.717) is 5.76 Å². The number of amides is 1. The van der Waals surface area contributed by atoms with Gasteiger partial charge < -0.3 is 4.42 Å². The van der Waals surface area contributed by atoms with E-state index in [0.717, 1.165) is 6.07 Å². The largest absolute Gasteiger partial charge is 0.461 e. The number of aromatic hydroxyl groups is 1. The molecule has 0 aliphatic carbocycles. The van der Waals surface area contributed by atoms with Crippen LogP contribution in [0.2, 0.25) is 0 Å². The van der Waals surface area contributed by atoms with Gasteiger partial charge in [-0.15, -0.1) is 0 Å². The van der Waals surface area contributed by atoms with Crippen molar-refractivity contribution in [3.05, 3.63) is 42.4 Å². The number of rotatable bonds is 3. The van der Waals surface area contributed by atoms with Gasteiger partial charge in [0, 0.05) is 6.92 Å². The van der Waals surface area contributed by atoms with Crippen LogP contribution in [-0.4, -0.2) is 39.2 Å². The molecule has 9 heteroatoms. The zero-order chi connectivity index (χ0) is 17.6. The second-order valence-corrected chi connectivity index (χ2v) is 7.73. The van der Waals surface area contributed by atoms with Crippen LogP contribution in [0.4, 0.5) is 5.69 Å². The first-order valence-corrected chi connectivity index (χ1v) is 9.71. The van der Waals surface area contributed by atoms with Crippen molar-refractivity contribution < 1.29 is 31.0 Å². The number of carbonyl (C=O) groups is 2. The molecule has 1 amide bonds. The van der Waals surface area contributed by atoms with Crippen LogP contribution in [0.25, 0.3) is 0 Å². The second-order valence-electron chi connectivity index (χ2n) is 4.43. The van der Waals surface area contributed by atoms with Crippen LogP contribution < -0.4 is 9.67 Å². The Labute approximate surface area is 134 Å². The number of phenols is 1. The van der Waals surface area contributed by atoms with Gasteiger partial charge in [0.2, 0.25) is 0 Å². The number of phenolic OH excluding ortho intramolecular Hbond substituents is 1. The van der Waals surface area contributed by atoms with E-state index in [9.17, 15) is 18.4 Å². The number of carbonyl (C=O) groups excluding carboxylic acids is 2. The van der Waals surface area contributed by atoms with E-state index in [2.05, 4.69) is 5.32 Å². The first-order valence-electron chi connectivity index (χ1n) is 6.33. The molecule has 124 valence electrons. The molecule has 0 aliphatic heterocycles. The Bertz CT molecular complexity index is 734. The van der Waals surface area contributed by atoms with Crippen LogP contribution in [0, 0.1) is 0 Å². The third kappa shape index (κ3) is 5.78. The second kappa shape index (κ2) is 7.82. The average molecular weight is 385 g/mol. The number of Topliss-reactive ketones (excluding diaryl/α,β-unsaturated/α-hetero) is 1. The minimum Gasteiger partial charge on any atom is -0.461 e. The molecule has 2 aromatic rings. The van der Waals surface area contributed by atoms with Crippen LogP contribution in [-0.2, 0) is 8.53 Å². The Balaban J connectivity index is 0.000000277. The number of hydrogen-bond acceptors (Lipinski definition) is 5. The summed E-state index contributed by atoms with van der Waals surface area (Å²) < 4.78 is 33.1. The maximum Gasteiger partial charge on any atom is 0.194 e. The molecule has 0 unspecified atom stereocenters. The number of ketones is 1. The Kier molecular flexibility index (Phi) is 6.38. The van der Waals surface area contributed by atoms with E-state index < -0.39 is 30.2 Å². The Hall–Kier alpha value is -2.28. The minimum absolute atomic E-state index is 0.00951. The average Bonchev–Trinajstić information content (AvgIpc) is 2.94. The van der Waals surface area contributed by atoms with Gasteiger partial charge in [-0.25, -0.2) is 0 Å². The molecule has 0 saturated carbocycles. The van der Waals surface area contributed by atoms with E-state index in [1.807, 2.05) is 0 Å². The predicted octanol–water partition coefficient (Wildman–Crippen LogP) is 0.394. The van der Waals surface area contributed by atoms with Crippen molar-refractivity contribution in [3.8, 4) is 5.75 Å². The fourth-order valence-corrected chi connectivity index (χ4v) is 2.96. The van der Waals surface area contributed by atoms with Gasteiger partial charge in [-0.1, -0.05) is 0 Å². The van der Waals surface area contributed by atoms with Crippen LogP contribution in [0.15, 0.2) is 41.0 Å². The Morgan fingerprint density at radius 1 is 1.13 bits per heavy atom. The Morgan fingerprint density at radius 3 is 2.17 bits per heavy atom. The molecule has 1 aromatic carbocycles. The fraction of sp³-hybridized carbons (Fsp3) is 0.143. The van der Waals surface area contributed by atoms with Gasteiger partial charge in [-0.05, 0) is 12.1 Å². The molecule has 1 heterocycles. The van der Waals surface area contributed by atoms with Crippen molar-refractivity contribution >= 4 is 35.9 Å². The molecule has 0 atom stereocenters. The summed E-state index contributed by atoms with van der Waals surface area (Å²) in [6, 6.07) is 7.16. The van der Waals surface area contributed by atoms with E-state index in [-0.39, 0.29) is 11.5 Å². The monoisotopic (exact) mass is 385 g/mol. The van der Waals surface area contributed by atoms with Crippen molar-refractivity contribution in [1.82, 2.24) is 0 Å². The van der Waals surface area contributed by atoms with Gasteiger partial charge in [-0.3, -0.25) is 4.79 Å². The van der Waals surface area contributed by atoms with Crippen LogP contribution in [0.3, 0.4) is 0 Å². The maximum absolute atomic E-state index is 11.0. The number of benzene rings is 1. The zero-order valence-electron chi connectivity index (χ0n) is 12.4. The molecule has 0 radical (unpaired) electrons. The summed E-state index contributed by atoms with van der Waals surface area (Å²) in [5.74, 6) is -0.624. The van der Waals surface area contributed by atoms with Crippen molar-refractivity contribution in [2.24, 2.45) is 0 Å². The zero-order valence-corrected chi connectivity index (χ0v) is 14.3. The van der Waals surface area contributed by atoms with Gasteiger partial charge in [0.15, 0.2) is 11.5 Å². The van der Waals surface area contributed by atoms with Crippen molar-refractivity contribution in [1.29, 1.82) is 0 Å². The van der Waals surface area contributed by atoms with Gasteiger partial charge in [0.05, 0.1) is 6.26 Å². The number of furan rings is 1. The van der Waals surface area contributed by atoms with E-state index in [1.165, 1.54) is 32.2 Å². The molecule has 0 saturated heterocycles. The van der Waals surface area contributed by atoms with E-state index >= 15 is 0 Å². The SMILES string of the molecule is CC(=O)Nc1cccc([As](=O)(O)O)c1O.CC(=O)c1ccco1. The summed E-state index contributed by atoms with van der Waals surface area (Å²) in [5.41, 5.74) is -0.00951.